The summed E-state index contributed by atoms with van der Waals surface area (Å²) in [6.07, 6.45) is 1.14. The number of fused-ring (bicyclic) bond motifs is 2. The fourth-order valence-electron chi connectivity index (χ4n) is 4.08. The van der Waals surface area contributed by atoms with E-state index >= 15 is 0 Å². The van der Waals surface area contributed by atoms with Crippen molar-refractivity contribution < 1.29 is 18.7 Å². The minimum atomic E-state index is -1.24. The Balaban J connectivity index is 1.56. The number of carbonyl (C=O) groups is 1. The van der Waals surface area contributed by atoms with E-state index in [9.17, 15) is 9.18 Å². The number of aromatic nitrogens is 3. The van der Waals surface area contributed by atoms with Gasteiger partial charge >= 0.3 is 0 Å². The molecule has 0 unspecified atom stereocenters. The molecule has 36 heavy (non-hydrogen) atoms. The number of alkyl halides is 1. The molecular weight excluding hydrogens is 519 g/mol. The highest BCUT2D eigenvalue weighted by Gasteiger charge is 2.43. The number of rotatable bonds is 9. The second-order valence-corrected chi connectivity index (χ2v) is 17.1. The third-order valence-electron chi connectivity index (χ3n) is 6.27. The average molecular weight is 547 g/mol. The Labute approximate surface area is 218 Å². The molecule has 0 bridgehead atoms. The second kappa shape index (κ2) is 9.73. The fourth-order valence-corrected chi connectivity index (χ4v) is 5.97. The van der Waals surface area contributed by atoms with Crippen LogP contribution in [0.1, 0.15) is 6.42 Å². The fraction of sp³-hybridized carbons (Fsp3) is 0.400. The zero-order valence-electron chi connectivity index (χ0n) is 20.6. The lowest BCUT2D eigenvalue weighted by Gasteiger charge is -2.15. The Morgan fingerprint density at radius 3 is 2.83 bits per heavy atom. The third kappa shape index (κ3) is 5.00. The van der Waals surface area contributed by atoms with Crippen LogP contribution in [0, 0.1) is 5.92 Å². The highest BCUT2D eigenvalue weighted by molar-refractivity contribution is 7.17. The van der Waals surface area contributed by atoms with E-state index in [0.717, 1.165) is 32.8 Å². The van der Waals surface area contributed by atoms with Crippen LogP contribution in [0.25, 0.3) is 32.4 Å². The summed E-state index contributed by atoms with van der Waals surface area (Å²) in [4.78, 5) is 21.4. The second-order valence-electron chi connectivity index (χ2n) is 10.2. The molecule has 0 spiro atoms. The van der Waals surface area contributed by atoms with Crippen LogP contribution in [-0.4, -0.2) is 48.4 Å². The first-order chi connectivity index (χ1) is 17.2. The smallest absolute Gasteiger partial charge is 0.231 e. The van der Waals surface area contributed by atoms with Crippen molar-refractivity contribution in [3.8, 4) is 16.9 Å². The highest BCUT2D eigenvalue weighted by atomic mass is 35.5. The monoisotopic (exact) mass is 546 g/mol. The molecule has 0 aliphatic heterocycles. The Morgan fingerprint density at radius 2 is 2.14 bits per heavy atom. The van der Waals surface area contributed by atoms with Crippen LogP contribution in [0.5, 0.6) is 5.75 Å². The molecule has 1 aliphatic rings. The maximum atomic E-state index is 13.4. The number of nitrogens with one attached hydrogen (secondary N) is 1. The normalized spacial score (nSPS) is 17.6. The molecule has 1 saturated carbocycles. The lowest BCUT2D eigenvalue weighted by atomic mass is 10.0. The van der Waals surface area contributed by atoms with Crippen molar-refractivity contribution in [2.45, 2.75) is 45.0 Å². The summed E-state index contributed by atoms with van der Waals surface area (Å²) >= 11 is 8.36. The predicted molar refractivity (Wildman–Crippen MR) is 146 cm³/mol. The van der Waals surface area contributed by atoms with E-state index in [0.29, 0.717) is 35.6 Å². The number of thiazole rings is 1. The lowest BCUT2D eigenvalue weighted by molar-refractivity contribution is -0.117. The Hall–Kier alpha value is -2.53. The lowest BCUT2D eigenvalue weighted by Crippen LogP contribution is -2.22. The number of pyridine rings is 1. The van der Waals surface area contributed by atoms with Gasteiger partial charge in [-0.1, -0.05) is 31.2 Å². The molecule has 5 rings (SSSR count). The number of halogens is 2. The van der Waals surface area contributed by atoms with Gasteiger partial charge in [0.1, 0.15) is 30.1 Å². The van der Waals surface area contributed by atoms with Crippen LogP contribution < -0.4 is 10.1 Å². The Bertz CT molecular complexity index is 1450. The average Bonchev–Trinajstić information content (AvgIpc) is 3.22. The van der Waals surface area contributed by atoms with E-state index in [2.05, 4.69) is 29.9 Å². The van der Waals surface area contributed by atoms with E-state index in [4.69, 9.17) is 26.1 Å². The van der Waals surface area contributed by atoms with Gasteiger partial charge in [-0.25, -0.2) is 14.4 Å². The molecule has 7 nitrogen and oxygen atoms in total. The molecule has 1 fully saturated rings. The first-order valence-corrected chi connectivity index (χ1v) is 16.8. The number of benzene rings is 1. The van der Waals surface area contributed by atoms with E-state index in [1.807, 2.05) is 22.9 Å². The van der Waals surface area contributed by atoms with Gasteiger partial charge in [-0.3, -0.25) is 4.79 Å². The van der Waals surface area contributed by atoms with Crippen LogP contribution in [0.2, 0.25) is 30.7 Å². The minimum Gasteiger partial charge on any atom is -0.496 e. The summed E-state index contributed by atoms with van der Waals surface area (Å²) in [7, 11) is 0.365. The Morgan fingerprint density at radius 1 is 1.36 bits per heavy atom. The minimum absolute atomic E-state index is 0.262. The highest BCUT2D eigenvalue weighted by Crippen LogP contribution is 2.45. The van der Waals surface area contributed by atoms with Crippen molar-refractivity contribution in [1.29, 1.82) is 0 Å². The summed E-state index contributed by atoms with van der Waals surface area (Å²) in [5.74, 6) is 0.0381. The van der Waals surface area contributed by atoms with Crippen molar-refractivity contribution in [2.24, 2.45) is 5.92 Å². The molecule has 11 heteroatoms. The first kappa shape index (κ1) is 25.1. The van der Waals surface area contributed by atoms with Gasteiger partial charge in [0.25, 0.3) is 0 Å². The summed E-state index contributed by atoms with van der Waals surface area (Å²) < 4.78 is 27.9. The molecule has 1 N–H and O–H groups in total. The summed E-state index contributed by atoms with van der Waals surface area (Å²) in [6, 6.07) is 6.53. The number of amides is 1. The number of ether oxygens (including phenoxy) is 2. The predicted octanol–water partition coefficient (Wildman–Crippen LogP) is 6.58. The van der Waals surface area contributed by atoms with Crippen LogP contribution in [0.15, 0.2) is 29.9 Å². The number of hydrogen-bond donors (Lipinski definition) is 1. The number of nitrogens with zero attached hydrogens (tertiary/aromatic N) is 3. The first-order valence-electron chi connectivity index (χ1n) is 11.8. The molecule has 4 aromatic rings. The number of carbonyl (C=O) groups excluding carboxylic acids is 1. The van der Waals surface area contributed by atoms with E-state index in [-0.39, 0.29) is 12.3 Å². The van der Waals surface area contributed by atoms with E-state index in [1.165, 1.54) is 11.3 Å². The Kier molecular flexibility index (Phi) is 6.80. The molecule has 1 aliphatic carbocycles. The molecule has 190 valence electrons. The van der Waals surface area contributed by atoms with Crippen molar-refractivity contribution in [2.75, 3.05) is 19.0 Å². The van der Waals surface area contributed by atoms with Crippen molar-refractivity contribution >= 4 is 64.0 Å². The topological polar surface area (TPSA) is 78.3 Å². The molecule has 2 atom stereocenters. The van der Waals surface area contributed by atoms with Gasteiger partial charge in [0.2, 0.25) is 5.91 Å². The maximum Gasteiger partial charge on any atom is 0.231 e. The third-order valence-corrected chi connectivity index (χ3v) is 9.32. The molecule has 3 heterocycles. The SMILES string of the molecule is COc1cc2ncsc2c(Cl)c1-c1cn(COCC[Si](C)(C)C)c2nc(NC(=O)[C@@H]3C[C@@H]3F)ccc12. The largest absolute Gasteiger partial charge is 0.496 e. The number of hydrogen-bond acceptors (Lipinski definition) is 6. The van der Waals surface area contributed by atoms with Gasteiger partial charge in [-0.15, -0.1) is 11.3 Å². The standard InChI is InChI=1S/C25H28ClFN4O3SSi/c1-33-19-10-18-23(35-12-28-18)22(26)21(19)16-11-31(13-34-7-8-36(2,3)4)24-14(16)5-6-20(29-24)30-25(32)15-9-17(15)27/h5-6,10-12,15,17H,7-9,13H2,1-4H3,(H,29,30,32)/t15-,17+/m1/s1. The maximum absolute atomic E-state index is 13.4. The zero-order valence-corrected chi connectivity index (χ0v) is 23.2. The van der Waals surface area contributed by atoms with Crippen LogP contribution in [-0.2, 0) is 16.3 Å². The zero-order chi connectivity index (χ0) is 25.6. The van der Waals surface area contributed by atoms with Gasteiger partial charge < -0.3 is 19.4 Å². The van der Waals surface area contributed by atoms with Gasteiger partial charge in [0.15, 0.2) is 0 Å². The molecule has 1 aromatic carbocycles. The van der Waals surface area contributed by atoms with Crippen LogP contribution >= 0.6 is 22.9 Å². The molecule has 0 radical (unpaired) electrons. The number of anilines is 1. The molecule has 0 saturated heterocycles. The van der Waals surface area contributed by atoms with Crippen molar-refractivity contribution in [1.82, 2.24) is 14.5 Å². The summed E-state index contributed by atoms with van der Waals surface area (Å²) in [5.41, 5.74) is 4.75. The molecule has 3 aromatic heterocycles. The van der Waals surface area contributed by atoms with Gasteiger partial charge in [0, 0.05) is 43.5 Å². The van der Waals surface area contributed by atoms with Crippen molar-refractivity contribution in [3.63, 3.8) is 0 Å². The summed E-state index contributed by atoms with van der Waals surface area (Å²) in [5, 5.41) is 4.14. The quantitative estimate of drug-likeness (QED) is 0.189. The molecular formula is C25H28ClFN4O3SSi. The van der Waals surface area contributed by atoms with Gasteiger partial charge in [0.05, 0.1) is 33.8 Å². The van der Waals surface area contributed by atoms with E-state index in [1.54, 1.807) is 18.7 Å². The number of methoxy groups -OCH3 is 1. The summed E-state index contributed by atoms with van der Waals surface area (Å²) in [6.45, 7) is 7.87. The van der Waals surface area contributed by atoms with Crippen LogP contribution in [0.3, 0.4) is 0 Å². The van der Waals surface area contributed by atoms with Crippen LogP contribution in [0.4, 0.5) is 10.2 Å². The van der Waals surface area contributed by atoms with E-state index < -0.39 is 20.2 Å². The van der Waals surface area contributed by atoms with Gasteiger partial charge in [-0.05, 0) is 24.6 Å². The van der Waals surface area contributed by atoms with Gasteiger partial charge in [-0.2, -0.15) is 0 Å². The molecule has 1 amide bonds. The van der Waals surface area contributed by atoms with Crippen molar-refractivity contribution in [3.05, 3.63) is 34.9 Å².